The highest BCUT2D eigenvalue weighted by Crippen LogP contribution is 2.22. The highest BCUT2D eigenvalue weighted by molar-refractivity contribution is 5.78. The fourth-order valence-corrected chi connectivity index (χ4v) is 3.27. The lowest BCUT2D eigenvalue weighted by molar-refractivity contribution is -0.132. The molecule has 1 fully saturated rings. The molecule has 2 aromatic carbocycles. The van der Waals surface area contributed by atoms with Crippen molar-refractivity contribution in [3.05, 3.63) is 79.1 Å². The molecular weight excluding hydrogens is 352 g/mol. The molecule has 0 radical (unpaired) electrons. The normalized spacial score (nSPS) is 16.0. The second kappa shape index (κ2) is 8.57. The van der Waals surface area contributed by atoms with Crippen LogP contribution < -0.4 is 9.47 Å². The summed E-state index contributed by atoms with van der Waals surface area (Å²) < 4.78 is 11.6. The minimum Gasteiger partial charge on any atom is -0.488 e. The van der Waals surface area contributed by atoms with E-state index in [9.17, 15) is 4.79 Å². The minimum absolute atomic E-state index is 0.0107. The molecule has 2 heterocycles. The van der Waals surface area contributed by atoms with E-state index in [1.54, 1.807) is 17.3 Å². The van der Waals surface area contributed by atoms with Crippen LogP contribution in [-0.2, 0) is 4.79 Å². The lowest BCUT2D eigenvalue weighted by atomic mass is 10.1. The van der Waals surface area contributed by atoms with Gasteiger partial charge in [-0.05, 0) is 35.4 Å². The number of likely N-dealkylation sites (tertiary alicyclic amines) is 1. The molecule has 3 aromatic rings. The number of rotatable bonds is 6. The Morgan fingerprint density at radius 2 is 1.64 bits per heavy atom. The Balaban J connectivity index is 1.26. The monoisotopic (exact) mass is 374 g/mol. The zero-order valence-electron chi connectivity index (χ0n) is 15.5. The summed E-state index contributed by atoms with van der Waals surface area (Å²) in [4.78, 5) is 18.2. The number of aromatic nitrogens is 1. The molecule has 5 heteroatoms. The van der Waals surface area contributed by atoms with E-state index in [0.717, 1.165) is 23.3 Å². The summed E-state index contributed by atoms with van der Waals surface area (Å²) in [6.07, 6.45) is 4.23. The third-order valence-corrected chi connectivity index (χ3v) is 4.77. The Labute approximate surface area is 164 Å². The average Bonchev–Trinajstić information content (AvgIpc) is 3.22. The number of hydrogen-bond donors (Lipinski definition) is 0. The van der Waals surface area contributed by atoms with Gasteiger partial charge in [0.1, 0.15) is 17.6 Å². The first-order chi connectivity index (χ1) is 13.8. The second-order valence-electron chi connectivity index (χ2n) is 6.73. The van der Waals surface area contributed by atoms with Gasteiger partial charge < -0.3 is 14.4 Å². The molecule has 28 heavy (non-hydrogen) atoms. The second-order valence-corrected chi connectivity index (χ2v) is 6.73. The van der Waals surface area contributed by atoms with Crippen molar-refractivity contribution < 1.29 is 14.3 Å². The Hall–Kier alpha value is -3.34. The minimum atomic E-state index is -0.0204. The SMILES string of the molecule is O=C(COc1ccc(-c2ccccc2)cc1)N1CCC(Oc2ccncc2)C1. The van der Waals surface area contributed by atoms with Crippen molar-refractivity contribution in [3.63, 3.8) is 0 Å². The number of benzene rings is 2. The molecular formula is C23H22N2O3. The van der Waals surface area contributed by atoms with Gasteiger partial charge in [-0.2, -0.15) is 0 Å². The van der Waals surface area contributed by atoms with Crippen molar-refractivity contribution in [3.8, 4) is 22.6 Å². The molecule has 1 aliphatic heterocycles. The third kappa shape index (κ3) is 4.49. The molecule has 1 amide bonds. The van der Waals surface area contributed by atoms with Gasteiger partial charge in [-0.3, -0.25) is 9.78 Å². The summed E-state index contributed by atoms with van der Waals surface area (Å²) in [7, 11) is 0. The van der Waals surface area contributed by atoms with Gasteiger partial charge in [-0.25, -0.2) is 0 Å². The Kier molecular flexibility index (Phi) is 5.52. The van der Waals surface area contributed by atoms with Crippen molar-refractivity contribution >= 4 is 5.91 Å². The number of carbonyl (C=O) groups is 1. The number of carbonyl (C=O) groups excluding carboxylic acids is 1. The molecule has 142 valence electrons. The molecule has 0 bridgehead atoms. The van der Waals surface area contributed by atoms with Crippen molar-refractivity contribution in [1.82, 2.24) is 9.88 Å². The highest BCUT2D eigenvalue weighted by atomic mass is 16.5. The first kappa shape index (κ1) is 18.0. The van der Waals surface area contributed by atoms with Gasteiger partial charge in [0, 0.05) is 25.4 Å². The summed E-state index contributed by atoms with van der Waals surface area (Å²) >= 11 is 0. The van der Waals surface area contributed by atoms with E-state index in [1.807, 2.05) is 54.6 Å². The highest BCUT2D eigenvalue weighted by Gasteiger charge is 2.27. The topological polar surface area (TPSA) is 51.7 Å². The number of amides is 1. The lowest BCUT2D eigenvalue weighted by Crippen LogP contribution is -2.34. The van der Waals surface area contributed by atoms with Crippen molar-refractivity contribution in [2.75, 3.05) is 19.7 Å². The predicted molar refractivity (Wildman–Crippen MR) is 107 cm³/mol. The van der Waals surface area contributed by atoms with Gasteiger partial charge in [0.15, 0.2) is 6.61 Å². The fraction of sp³-hybridized carbons (Fsp3) is 0.217. The molecule has 5 nitrogen and oxygen atoms in total. The van der Waals surface area contributed by atoms with E-state index in [0.29, 0.717) is 18.8 Å². The maximum absolute atomic E-state index is 12.4. The molecule has 1 aliphatic rings. The molecule has 1 unspecified atom stereocenters. The van der Waals surface area contributed by atoms with E-state index in [2.05, 4.69) is 17.1 Å². The van der Waals surface area contributed by atoms with Crippen LogP contribution in [0.3, 0.4) is 0 Å². The predicted octanol–water partition coefficient (Wildman–Crippen LogP) is 3.81. The maximum Gasteiger partial charge on any atom is 0.260 e. The van der Waals surface area contributed by atoms with Gasteiger partial charge in [-0.15, -0.1) is 0 Å². The van der Waals surface area contributed by atoms with Crippen molar-refractivity contribution in [2.24, 2.45) is 0 Å². The molecule has 1 aromatic heterocycles. The average molecular weight is 374 g/mol. The van der Waals surface area contributed by atoms with Crippen LogP contribution in [0.5, 0.6) is 11.5 Å². The van der Waals surface area contributed by atoms with Crippen molar-refractivity contribution in [1.29, 1.82) is 0 Å². The Morgan fingerprint density at radius 1 is 0.929 bits per heavy atom. The van der Waals surface area contributed by atoms with E-state index < -0.39 is 0 Å². The molecule has 0 N–H and O–H groups in total. The van der Waals surface area contributed by atoms with Gasteiger partial charge in [0.25, 0.3) is 5.91 Å². The smallest absolute Gasteiger partial charge is 0.260 e. The van der Waals surface area contributed by atoms with Crippen LogP contribution in [0, 0.1) is 0 Å². The Morgan fingerprint density at radius 3 is 2.39 bits per heavy atom. The van der Waals surface area contributed by atoms with Crippen molar-refractivity contribution in [2.45, 2.75) is 12.5 Å². The van der Waals surface area contributed by atoms with Gasteiger partial charge >= 0.3 is 0 Å². The van der Waals surface area contributed by atoms with Crippen LogP contribution in [0.25, 0.3) is 11.1 Å². The summed E-state index contributed by atoms with van der Waals surface area (Å²) in [5.74, 6) is 1.45. The first-order valence-electron chi connectivity index (χ1n) is 9.41. The summed E-state index contributed by atoms with van der Waals surface area (Å²) in [5.41, 5.74) is 2.28. The van der Waals surface area contributed by atoms with Crippen LogP contribution in [0.2, 0.25) is 0 Å². The van der Waals surface area contributed by atoms with E-state index in [-0.39, 0.29) is 18.6 Å². The molecule has 0 spiro atoms. The van der Waals surface area contributed by atoms with Crippen LogP contribution in [-0.4, -0.2) is 41.6 Å². The maximum atomic E-state index is 12.4. The quantitative estimate of drug-likeness (QED) is 0.658. The van der Waals surface area contributed by atoms with Crippen LogP contribution in [0.4, 0.5) is 0 Å². The third-order valence-electron chi connectivity index (χ3n) is 4.77. The molecule has 1 saturated heterocycles. The summed E-state index contributed by atoms with van der Waals surface area (Å²) in [6, 6.07) is 21.6. The summed E-state index contributed by atoms with van der Waals surface area (Å²) in [6.45, 7) is 1.30. The number of nitrogens with zero attached hydrogens (tertiary/aromatic N) is 2. The number of ether oxygens (including phenoxy) is 2. The van der Waals surface area contributed by atoms with E-state index in [4.69, 9.17) is 9.47 Å². The Bertz CT molecular complexity index is 898. The van der Waals surface area contributed by atoms with E-state index >= 15 is 0 Å². The van der Waals surface area contributed by atoms with Gasteiger partial charge in [0.2, 0.25) is 0 Å². The molecule has 1 atom stereocenters. The molecule has 0 aliphatic carbocycles. The summed E-state index contributed by atoms with van der Waals surface area (Å²) in [5, 5.41) is 0. The first-order valence-corrected chi connectivity index (χ1v) is 9.41. The van der Waals surface area contributed by atoms with Gasteiger partial charge in [0.05, 0.1) is 6.54 Å². The standard InChI is InChI=1S/C23H22N2O3/c26-23(25-15-12-22(16-25)28-21-10-13-24-14-11-21)17-27-20-8-6-19(7-9-20)18-4-2-1-3-5-18/h1-11,13-14,22H,12,15-17H2. The lowest BCUT2D eigenvalue weighted by Gasteiger charge is -2.17. The fourth-order valence-electron chi connectivity index (χ4n) is 3.27. The number of pyridine rings is 1. The van der Waals surface area contributed by atoms with Crippen LogP contribution in [0.1, 0.15) is 6.42 Å². The van der Waals surface area contributed by atoms with Crippen LogP contribution >= 0.6 is 0 Å². The largest absolute Gasteiger partial charge is 0.488 e. The van der Waals surface area contributed by atoms with E-state index in [1.165, 1.54) is 0 Å². The zero-order valence-corrected chi connectivity index (χ0v) is 15.5. The molecule has 0 saturated carbocycles. The van der Waals surface area contributed by atoms with Gasteiger partial charge in [-0.1, -0.05) is 42.5 Å². The molecule has 4 rings (SSSR count). The van der Waals surface area contributed by atoms with Crippen LogP contribution in [0.15, 0.2) is 79.1 Å². The number of hydrogen-bond acceptors (Lipinski definition) is 4. The zero-order chi connectivity index (χ0) is 19.2.